The van der Waals surface area contributed by atoms with Crippen molar-refractivity contribution in [3.8, 4) is 0 Å². The van der Waals surface area contributed by atoms with Crippen molar-refractivity contribution < 1.29 is 9.84 Å². The Morgan fingerprint density at radius 1 is 1.58 bits per heavy atom. The quantitative estimate of drug-likeness (QED) is 0.607. The van der Waals surface area contributed by atoms with E-state index >= 15 is 0 Å². The molecule has 70 valence electrons. The first-order valence-electron chi connectivity index (χ1n) is 4.42. The number of hydrogen-bond acceptors (Lipinski definition) is 2. The summed E-state index contributed by atoms with van der Waals surface area (Å²) in [6.45, 7) is 10.4. The predicted octanol–water partition coefficient (Wildman–Crippen LogP) is 1.74. The van der Waals surface area contributed by atoms with Crippen molar-refractivity contribution in [3.05, 3.63) is 12.2 Å². The van der Waals surface area contributed by atoms with Crippen LogP contribution in [0, 0.1) is 5.92 Å². The molecule has 1 heterocycles. The number of hydrogen-bond donors (Lipinski definition) is 1. The van der Waals surface area contributed by atoms with E-state index in [9.17, 15) is 5.11 Å². The summed E-state index contributed by atoms with van der Waals surface area (Å²) < 4.78 is 5.47. The first-order chi connectivity index (χ1) is 5.45. The summed E-state index contributed by atoms with van der Waals surface area (Å²) in [5.74, 6) is 0.203. The topological polar surface area (TPSA) is 29.5 Å². The fraction of sp³-hybridized carbons (Fsp3) is 0.800. The molecule has 0 aromatic heterocycles. The minimum absolute atomic E-state index is 0.203. The highest BCUT2D eigenvalue weighted by Crippen LogP contribution is 2.32. The molecule has 0 spiro atoms. The highest BCUT2D eigenvalue weighted by atomic mass is 16.5. The Balaban J connectivity index is 2.73. The van der Waals surface area contributed by atoms with E-state index in [1.165, 1.54) is 0 Å². The van der Waals surface area contributed by atoms with E-state index in [4.69, 9.17) is 4.74 Å². The molecule has 0 saturated carbocycles. The van der Waals surface area contributed by atoms with Gasteiger partial charge in [-0.1, -0.05) is 12.2 Å². The number of ether oxygens (including phenoxy) is 1. The lowest BCUT2D eigenvalue weighted by molar-refractivity contribution is -0.151. The fourth-order valence-corrected chi connectivity index (χ4v) is 1.69. The van der Waals surface area contributed by atoms with Crippen LogP contribution in [0.2, 0.25) is 0 Å². The first kappa shape index (κ1) is 9.75. The van der Waals surface area contributed by atoms with Crippen LogP contribution in [-0.4, -0.2) is 23.4 Å². The largest absolute Gasteiger partial charge is 0.390 e. The van der Waals surface area contributed by atoms with E-state index in [0.717, 1.165) is 18.6 Å². The van der Waals surface area contributed by atoms with Gasteiger partial charge in [-0.2, -0.15) is 0 Å². The zero-order valence-corrected chi connectivity index (χ0v) is 8.13. The number of aliphatic hydroxyl groups excluding tert-OH is 1. The second kappa shape index (κ2) is 3.19. The molecule has 0 bridgehead atoms. The normalized spacial score (nSPS) is 34.7. The maximum Gasteiger partial charge on any atom is 0.0890 e. The van der Waals surface area contributed by atoms with Crippen LogP contribution >= 0.6 is 0 Å². The fourth-order valence-electron chi connectivity index (χ4n) is 1.69. The molecule has 12 heavy (non-hydrogen) atoms. The molecule has 1 N–H and O–H groups in total. The van der Waals surface area contributed by atoms with Crippen LogP contribution in [0.4, 0.5) is 0 Å². The van der Waals surface area contributed by atoms with Crippen LogP contribution in [0.15, 0.2) is 12.2 Å². The lowest BCUT2D eigenvalue weighted by Gasteiger charge is -2.41. The van der Waals surface area contributed by atoms with Gasteiger partial charge in [0, 0.05) is 12.5 Å². The van der Waals surface area contributed by atoms with Crippen LogP contribution in [0.3, 0.4) is 0 Å². The maximum absolute atomic E-state index is 9.88. The van der Waals surface area contributed by atoms with Crippen LogP contribution in [-0.2, 0) is 4.74 Å². The summed E-state index contributed by atoms with van der Waals surface area (Å²) in [7, 11) is 0. The molecule has 2 heteroatoms. The van der Waals surface area contributed by atoms with Gasteiger partial charge >= 0.3 is 0 Å². The van der Waals surface area contributed by atoms with Gasteiger partial charge in [0.05, 0.1) is 11.7 Å². The average Bonchev–Trinajstić information content (AvgIpc) is 1.94. The van der Waals surface area contributed by atoms with Crippen molar-refractivity contribution in [1.29, 1.82) is 0 Å². The summed E-state index contributed by atoms with van der Waals surface area (Å²) >= 11 is 0. The van der Waals surface area contributed by atoms with Gasteiger partial charge in [0.25, 0.3) is 0 Å². The molecular weight excluding hydrogens is 152 g/mol. The summed E-state index contributed by atoms with van der Waals surface area (Å²) in [6.07, 6.45) is 0.476. The van der Waals surface area contributed by atoms with Gasteiger partial charge in [0.2, 0.25) is 0 Å². The molecule has 0 aliphatic carbocycles. The summed E-state index contributed by atoms with van der Waals surface area (Å²) in [4.78, 5) is 0. The van der Waals surface area contributed by atoms with E-state index in [1.807, 2.05) is 20.8 Å². The van der Waals surface area contributed by atoms with Crippen molar-refractivity contribution in [1.82, 2.24) is 0 Å². The van der Waals surface area contributed by atoms with Gasteiger partial charge in [-0.25, -0.2) is 0 Å². The molecule has 2 unspecified atom stereocenters. The third kappa shape index (κ3) is 1.70. The zero-order chi connectivity index (χ0) is 9.35. The van der Waals surface area contributed by atoms with Crippen molar-refractivity contribution in [2.45, 2.75) is 38.9 Å². The molecule has 2 atom stereocenters. The minimum atomic E-state index is -0.415. The molecule has 0 amide bonds. The summed E-state index contributed by atoms with van der Waals surface area (Å²) in [5, 5.41) is 9.88. The van der Waals surface area contributed by atoms with E-state index in [1.54, 1.807) is 0 Å². The standard InChI is InChI=1S/C10H18O2/c1-7(2)8-5-6-12-10(3,4)9(8)11/h8-9,11H,1,5-6H2,2-4H3. The Bertz CT molecular complexity index is 184. The lowest BCUT2D eigenvalue weighted by Crippen LogP contribution is -2.48. The smallest absolute Gasteiger partial charge is 0.0890 e. The molecule has 1 rings (SSSR count). The van der Waals surface area contributed by atoms with Crippen molar-refractivity contribution in [3.63, 3.8) is 0 Å². The SMILES string of the molecule is C=C(C)C1CCOC(C)(C)C1O. The number of rotatable bonds is 1. The molecule has 1 saturated heterocycles. The Morgan fingerprint density at radius 3 is 2.58 bits per heavy atom. The van der Waals surface area contributed by atoms with Gasteiger partial charge in [-0.3, -0.25) is 0 Å². The average molecular weight is 170 g/mol. The Labute approximate surface area is 74.2 Å². The molecular formula is C10H18O2. The summed E-state index contributed by atoms with van der Waals surface area (Å²) in [5.41, 5.74) is 0.640. The van der Waals surface area contributed by atoms with E-state index in [2.05, 4.69) is 6.58 Å². The van der Waals surface area contributed by atoms with Crippen LogP contribution in [0.5, 0.6) is 0 Å². The van der Waals surface area contributed by atoms with Crippen molar-refractivity contribution in [2.24, 2.45) is 5.92 Å². The highest BCUT2D eigenvalue weighted by molar-refractivity contribution is 5.05. The molecule has 1 aliphatic heterocycles. The van der Waals surface area contributed by atoms with Crippen molar-refractivity contribution in [2.75, 3.05) is 6.61 Å². The molecule has 2 nitrogen and oxygen atoms in total. The van der Waals surface area contributed by atoms with Gasteiger partial charge in [-0.15, -0.1) is 0 Å². The highest BCUT2D eigenvalue weighted by Gasteiger charge is 2.38. The van der Waals surface area contributed by atoms with Crippen LogP contribution in [0.25, 0.3) is 0 Å². The van der Waals surface area contributed by atoms with Crippen LogP contribution in [0.1, 0.15) is 27.2 Å². The minimum Gasteiger partial charge on any atom is -0.390 e. The Morgan fingerprint density at radius 2 is 2.17 bits per heavy atom. The maximum atomic E-state index is 9.88. The second-order valence-electron chi connectivity index (χ2n) is 4.14. The van der Waals surface area contributed by atoms with E-state index in [-0.39, 0.29) is 5.92 Å². The third-order valence-corrected chi connectivity index (χ3v) is 2.63. The Kier molecular flexibility index (Phi) is 2.59. The summed E-state index contributed by atoms with van der Waals surface area (Å²) in [6, 6.07) is 0. The molecule has 0 aromatic rings. The van der Waals surface area contributed by atoms with Crippen molar-refractivity contribution >= 4 is 0 Å². The molecule has 1 aliphatic rings. The third-order valence-electron chi connectivity index (χ3n) is 2.63. The van der Waals surface area contributed by atoms with Gasteiger partial charge in [-0.05, 0) is 27.2 Å². The second-order valence-corrected chi connectivity index (χ2v) is 4.14. The van der Waals surface area contributed by atoms with E-state index < -0.39 is 11.7 Å². The monoisotopic (exact) mass is 170 g/mol. The van der Waals surface area contributed by atoms with Gasteiger partial charge < -0.3 is 9.84 Å². The molecule has 0 aromatic carbocycles. The van der Waals surface area contributed by atoms with Gasteiger partial charge in [0.1, 0.15) is 0 Å². The Hall–Kier alpha value is -0.340. The molecule has 1 fully saturated rings. The lowest BCUT2D eigenvalue weighted by atomic mass is 9.81. The predicted molar refractivity (Wildman–Crippen MR) is 49.0 cm³/mol. The van der Waals surface area contributed by atoms with Gasteiger partial charge in [0.15, 0.2) is 0 Å². The van der Waals surface area contributed by atoms with E-state index in [0.29, 0.717) is 0 Å². The molecule has 0 radical (unpaired) electrons. The first-order valence-corrected chi connectivity index (χ1v) is 4.42. The van der Waals surface area contributed by atoms with Crippen LogP contribution < -0.4 is 0 Å². The number of aliphatic hydroxyl groups is 1. The zero-order valence-electron chi connectivity index (χ0n) is 8.13.